The topological polar surface area (TPSA) is 50.7 Å². The Morgan fingerprint density at radius 3 is 2.53 bits per heavy atom. The van der Waals surface area contributed by atoms with Crippen LogP contribution < -0.4 is 14.8 Å². The summed E-state index contributed by atoms with van der Waals surface area (Å²) in [5, 5.41) is 12.5. The van der Waals surface area contributed by atoms with Gasteiger partial charge >= 0.3 is 0 Å². The van der Waals surface area contributed by atoms with Crippen LogP contribution in [0.15, 0.2) is 16.6 Å². The number of aliphatic hydroxyl groups is 1. The lowest BCUT2D eigenvalue weighted by Gasteiger charge is -2.18. The normalized spacial score (nSPS) is 12.6. The molecule has 4 nitrogen and oxygen atoms in total. The van der Waals surface area contributed by atoms with E-state index in [9.17, 15) is 5.11 Å². The van der Waals surface area contributed by atoms with Gasteiger partial charge in [-0.1, -0.05) is 15.9 Å². The Balaban J connectivity index is 2.94. The molecule has 1 atom stereocenters. The van der Waals surface area contributed by atoms with Crippen LogP contribution in [0, 0.1) is 0 Å². The maximum Gasteiger partial charge on any atom is 0.166 e. The first-order valence-corrected chi connectivity index (χ1v) is 7.15. The van der Waals surface area contributed by atoms with Crippen molar-refractivity contribution >= 4 is 15.9 Å². The van der Waals surface area contributed by atoms with Crippen LogP contribution in [0.25, 0.3) is 0 Å². The highest BCUT2D eigenvalue weighted by atomic mass is 79.9. The van der Waals surface area contributed by atoms with E-state index in [4.69, 9.17) is 9.47 Å². The number of methoxy groups -OCH3 is 1. The molecule has 0 fully saturated rings. The molecule has 0 aromatic heterocycles. The van der Waals surface area contributed by atoms with E-state index in [0.29, 0.717) is 18.8 Å². The van der Waals surface area contributed by atoms with Gasteiger partial charge in [-0.15, -0.1) is 0 Å². The number of nitrogens with one attached hydrogen (secondary N) is 1. The van der Waals surface area contributed by atoms with Crippen LogP contribution in [0.4, 0.5) is 0 Å². The minimum atomic E-state index is -0.372. The highest BCUT2D eigenvalue weighted by Gasteiger charge is 2.14. The first-order chi connectivity index (χ1) is 8.93. The SMILES string of the molecule is COc1cc(Br)cc(CNCC(C)O)c1OC(C)C. The maximum atomic E-state index is 9.27. The third-order valence-corrected chi connectivity index (χ3v) is 2.88. The van der Waals surface area contributed by atoms with E-state index in [1.807, 2.05) is 26.0 Å². The average Bonchev–Trinajstić information content (AvgIpc) is 2.31. The van der Waals surface area contributed by atoms with Gasteiger partial charge in [0.05, 0.1) is 19.3 Å². The van der Waals surface area contributed by atoms with Crippen LogP contribution in [0.1, 0.15) is 26.3 Å². The second-order valence-electron chi connectivity index (χ2n) is 4.74. The quantitative estimate of drug-likeness (QED) is 0.806. The average molecular weight is 332 g/mol. The summed E-state index contributed by atoms with van der Waals surface area (Å²) < 4.78 is 12.1. The molecule has 19 heavy (non-hydrogen) atoms. The third-order valence-electron chi connectivity index (χ3n) is 2.43. The summed E-state index contributed by atoms with van der Waals surface area (Å²) in [6.45, 7) is 6.86. The minimum absolute atomic E-state index is 0.0746. The summed E-state index contributed by atoms with van der Waals surface area (Å²) in [6.07, 6.45) is -0.297. The van der Waals surface area contributed by atoms with Gasteiger partial charge < -0.3 is 19.9 Å². The van der Waals surface area contributed by atoms with Gasteiger partial charge in [-0.25, -0.2) is 0 Å². The van der Waals surface area contributed by atoms with Crippen LogP contribution in [0.5, 0.6) is 11.5 Å². The number of hydrogen-bond donors (Lipinski definition) is 2. The molecule has 0 saturated heterocycles. The van der Waals surface area contributed by atoms with Crippen molar-refractivity contribution in [3.8, 4) is 11.5 Å². The fraction of sp³-hybridized carbons (Fsp3) is 0.571. The number of rotatable bonds is 7. The fourth-order valence-corrected chi connectivity index (χ4v) is 2.18. The van der Waals surface area contributed by atoms with Gasteiger partial charge in [0.15, 0.2) is 11.5 Å². The first kappa shape index (κ1) is 16.3. The molecule has 0 amide bonds. The summed E-state index contributed by atoms with van der Waals surface area (Å²) >= 11 is 3.46. The van der Waals surface area contributed by atoms with E-state index in [-0.39, 0.29) is 12.2 Å². The van der Waals surface area contributed by atoms with Crippen LogP contribution in [0.2, 0.25) is 0 Å². The Kier molecular flexibility index (Phi) is 6.62. The third kappa shape index (κ3) is 5.38. The summed E-state index contributed by atoms with van der Waals surface area (Å²) in [6, 6.07) is 3.88. The van der Waals surface area contributed by atoms with Gasteiger partial charge in [-0.3, -0.25) is 0 Å². The van der Waals surface area contributed by atoms with Gasteiger partial charge in [0.1, 0.15) is 0 Å². The molecule has 2 N–H and O–H groups in total. The molecule has 0 heterocycles. The van der Waals surface area contributed by atoms with Crippen LogP contribution in [0.3, 0.4) is 0 Å². The predicted molar refractivity (Wildman–Crippen MR) is 79.8 cm³/mol. The summed E-state index contributed by atoms with van der Waals surface area (Å²) in [4.78, 5) is 0. The monoisotopic (exact) mass is 331 g/mol. The first-order valence-electron chi connectivity index (χ1n) is 6.36. The molecular weight excluding hydrogens is 310 g/mol. The van der Waals surface area contributed by atoms with Gasteiger partial charge in [-0.05, 0) is 32.9 Å². The molecular formula is C14H22BrNO3. The predicted octanol–water partition coefficient (Wildman–Crippen LogP) is 2.72. The molecule has 0 bridgehead atoms. The molecule has 0 aliphatic heterocycles. The summed E-state index contributed by atoms with van der Waals surface area (Å²) in [5.74, 6) is 1.45. The summed E-state index contributed by atoms with van der Waals surface area (Å²) in [7, 11) is 1.63. The van der Waals surface area contributed by atoms with Gasteiger partial charge in [-0.2, -0.15) is 0 Å². The standard InChI is InChI=1S/C14H22BrNO3/c1-9(2)19-14-11(8-16-7-10(3)17)5-12(15)6-13(14)18-4/h5-6,9-10,16-17H,7-8H2,1-4H3. The van der Waals surface area contributed by atoms with E-state index >= 15 is 0 Å². The molecule has 0 spiro atoms. The van der Waals surface area contributed by atoms with Crippen molar-refractivity contribution in [3.05, 3.63) is 22.2 Å². The van der Waals surface area contributed by atoms with E-state index in [1.165, 1.54) is 0 Å². The number of halogens is 1. The number of ether oxygens (including phenoxy) is 2. The second kappa shape index (κ2) is 7.72. The van der Waals surface area contributed by atoms with Gasteiger partial charge in [0.25, 0.3) is 0 Å². The Morgan fingerprint density at radius 1 is 1.32 bits per heavy atom. The van der Waals surface area contributed by atoms with E-state index in [1.54, 1.807) is 14.0 Å². The zero-order chi connectivity index (χ0) is 14.4. The lowest BCUT2D eigenvalue weighted by atomic mass is 10.1. The highest BCUT2D eigenvalue weighted by Crippen LogP contribution is 2.35. The lowest BCUT2D eigenvalue weighted by molar-refractivity contribution is 0.190. The number of aliphatic hydroxyl groups excluding tert-OH is 1. The highest BCUT2D eigenvalue weighted by molar-refractivity contribution is 9.10. The van der Waals surface area contributed by atoms with Crippen molar-refractivity contribution in [1.29, 1.82) is 0 Å². The smallest absolute Gasteiger partial charge is 0.166 e. The number of hydrogen-bond acceptors (Lipinski definition) is 4. The largest absolute Gasteiger partial charge is 0.493 e. The van der Waals surface area contributed by atoms with Crippen molar-refractivity contribution in [1.82, 2.24) is 5.32 Å². The van der Waals surface area contributed by atoms with Crippen molar-refractivity contribution in [2.24, 2.45) is 0 Å². The Labute approximate surface area is 123 Å². The van der Waals surface area contributed by atoms with Crippen LogP contribution in [-0.2, 0) is 6.54 Å². The summed E-state index contributed by atoms with van der Waals surface area (Å²) in [5.41, 5.74) is 1.00. The van der Waals surface area contributed by atoms with E-state index < -0.39 is 0 Å². The molecule has 1 rings (SSSR count). The maximum absolute atomic E-state index is 9.27. The molecule has 5 heteroatoms. The van der Waals surface area contributed by atoms with Crippen molar-refractivity contribution < 1.29 is 14.6 Å². The van der Waals surface area contributed by atoms with Crippen LogP contribution in [-0.4, -0.2) is 31.0 Å². The molecule has 0 saturated carbocycles. The van der Waals surface area contributed by atoms with Crippen molar-refractivity contribution in [3.63, 3.8) is 0 Å². The lowest BCUT2D eigenvalue weighted by Crippen LogP contribution is -2.24. The van der Waals surface area contributed by atoms with Crippen molar-refractivity contribution in [2.75, 3.05) is 13.7 Å². The molecule has 0 aliphatic carbocycles. The molecule has 0 radical (unpaired) electrons. The van der Waals surface area contributed by atoms with Gasteiger partial charge in [0, 0.05) is 23.1 Å². The zero-order valence-electron chi connectivity index (χ0n) is 11.9. The Morgan fingerprint density at radius 2 is 2.00 bits per heavy atom. The Hall–Kier alpha value is -0.780. The van der Waals surface area contributed by atoms with Crippen molar-refractivity contribution in [2.45, 2.75) is 39.5 Å². The second-order valence-corrected chi connectivity index (χ2v) is 5.66. The zero-order valence-corrected chi connectivity index (χ0v) is 13.5. The minimum Gasteiger partial charge on any atom is -0.493 e. The van der Waals surface area contributed by atoms with Gasteiger partial charge in [0.2, 0.25) is 0 Å². The number of benzene rings is 1. The fourth-order valence-electron chi connectivity index (χ4n) is 1.69. The van der Waals surface area contributed by atoms with E-state index in [0.717, 1.165) is 15.8 Å². The molecule has 1 aromatic carbocycles. The Bertz CT molecular complexity index is 408. The molecule has 0 aliphatic rings. The van der Waals surface area contributed by atoms with Crippen LogP contribution >= 0.6 is 15.9 Å². The molecule has 108 valence electrons. The van der Waals surface area contributed by atoms with E-state index in [2.05, 4.69) is 21.2 Å². The molecule has 1 aromatic rings. The molecule has 1 unspecified atom stereocenters.